The van der Waals surface area contributed by atoms with Crippen molar-refractivity contribution in [1.82, 2.24) is 15.5 Å². The van der Waals surface area contributed by atoms with E-state index in [0.29, 0.717) is 30.0 Å². The maximum Gasteiger partial charge on any atom is 0.406 e. The van der Waals surface area contributed by atoms with E-state index in [4.69, 9.17) is 0 Å². The lowest BCUT2D eigenvalue weighted by atomic mass is 10.1. The topological polar surface area (TPSA) is 56.7 Å². The molecular weight excluding hydrogens is 467 g/mol. The number of carbonyl (C=O) groups excluding carboxylic acids is 1. The van der Waals surface area contributed by atoms with Crippen molar-refractivity contribution < 1.29 is 22.4 Å². The highest BCUT2D eigenvalue weighted by Gasteiger charge is 2.30. The largest absolute Gasteiger partial charge is 0.406 e. The second-order valence-corrected chi connectivity index (χ2v) is 5.33. The average Bonchev–Trinajstić information content (AvgIpc) is 2.52. The van der Waals surface area contributed by atoms with Crippen molar-refractivity contribution in [1.29, 1.82) is 0 Å². The van der Waals surface area contributed by atoms with E-state index >= 15 is 0 Å². The van der Waals surface area contributed by atoms with E-state index < -0.39 is 25.2 Å². The molecule has 0 aromatic heterocycles. The van der Waals surface area contributed by atoms with Crippen molar-refractivity contribution in [3.05, 3.63) is 35.6 Å². The van der Waals surface area contributed by atoms with Gasteiger partial charge in [0.25, 0.3) is 0 Å². The lowest BCUT2D eigenvalue weighted by Gasteiger charge is -2.18. The van der Waals surface area contributed by atoms with Crippen LogP contribution < -0.4 is 10.6 Å². The monoisotopic (exact) mass is 490 g/mol. The number of aliphatic imine (C=N–C) groups is 1. The van der Waals surface area contributed by atoms with Crippen LogP contribution in [0, 0.1) is 5.82 Å². The summed E-state index contributed by atoms with van der Waals surface area (Å²) in [6.45, 7) is 0.948. The first-order valence-corrected chi connectivity index (χ1v) is 7.79. The molecule has 5 nitrogen and oxygen atoms in total. The minimum atomic E-state index is -4.45. The van der Waals surface area contributed by atoms with Crippen LogP contribution in [0.3, 0.4) is 0 Å². The van der Waals surface area contributed by atoms with Gasteiger partial charge in [-0.25, -0.2) is 9.38 Å². The van der Waals surface area contributed by atoms with Crippen LogP contribution in [0.5, 0.6) is 0 Å². The number of hydrogen-bond donors (Lipinski definition) is 2. The number of benzene rings is 1. The second-order valence-electron chi connectivity index (χ2n) is 5.33. The highest BCUT2D eigenvalue weighted by molar-refractivity contribution is 14.0. The lowest BCUT2D eigenvalue weighted by Crippen LogP contribution is -2.40. The Balaban J connectivity index is 0.00000625. The van der Waals surface area contributed by atoms with E-state index in [1.54, 1.807) is 18.2 Å². The zero-order chi connectivity index (χ0) is 18.9. The second kappa shape index (κ2) is 11.9. The van der Waals surface area contributed by atoms with Crippen molar-refractivity contribution in [3.63, 3.8) is 0 Å². The molecule has 10 heteroatoms. The van der Waals surface area contributed by atoms with Gasteiger partial charge >= 0.3 is 6.18 Å². The molecule has 1 aromatic rings. The van der Waals surface area contributed by atoms with Gasteiger partial charge in [-0.2, -0.15) is 13.2 Å². The van der Waals surface area contributed by atoms with E-state index in [1.165, 1.54) is 6.07 Å². The zero-order valence-corrected chi connectivity index (χ0v) is 16.9. The third-order valence-electron chi connectivity index (χ3n) is 3.20. The number of nitrogens with zero attached hydrogens (tertiary/aromatic N) is 2. The summed E-state index contributed by atoms with van der Waals surface area (Å²) in [5.41, 5.74) is 0.534. The average molecular weight is 490 g/mol. The first-order chi connectivity index (χ1) is 11.7. The smallest absolute Gasteiger partial charge is 0.357 e. The summed E-state index contributed by atoms with van der Waals surface area (Å²) in [7, 11) is 1.07. The van der Waals surface area contributed by atoms with E-state index in [0.717, 1.165) is 7.05 Å². The molecule has 0 fully saturated rings. The summed E-state index contributed by atoms with van der Waals surface area (Å²) in [6, 6.07) is 6.36. The molecule has 0 unspecified atom stereocenters. The molecule has 0 saturated heterocycles. The predicted octanol–water partition coefficient (Wildman–Crippen LogP) is 2.56. The normalized spacial score (nSPS) is 11.5. The van der Waals surface area contributed by atoms with Crippen LogP contribution in [0.4, 0.5) is 17.6 Å². The summed E-state index contributed by atoms with van der Waals surface area (Å²) in [4.78, 5) is 16.2. The molecule has 0 saturated carbocycles. The maximum absolute atomic E-state index is 13.5. The summed E-state index contributed by atoms with van der Waals surface area (Å²) >= 11 is 0. The van der Waals surface area contributed by atoms with Crippen LogP contribution in [0.2, 0.25) is 0 Å². The Hall–Kier alpha value is -1.59. The highest BCUT2D eigenvalue weighted by Crippen LogP contribution is 2.15. The molecule has 26 heavy (non-hydrogen) atoms. The molecule has 0 radical (unpaired) electrons. The third kappa shape index (κ3) is 9.78. The van der Waals surface area contributed by atoms with Crippen molar-refractivity contribution in [3.8, 4) is 0 Å². The minimum absolute atomic E-state index is 0. The van der Waals surface area contributed by atoms with Crippen LogP contribution in [-0.4, -0.2) is 56.2 Å². The van der Waals surface area contributed by atoms with Crippen LogP contribution in [0.25, 0.3) is 0 Å². The van der Waals surface area contributed by atoms with E-state index in [1.807, 2.05) is 6.92 Å². The van der Waals surface area contributed by atoms with E-state index in [9.17, 15) is 22.4 Å². The number of likely N-dealkylation sites (N-methyl/N-ethyl adjacent to an activating group) is 1. The molecule has 0 aliphatic heterocycles. The van der Waals surface area contributed by atoms with Gasteiger partial charge < -0.3 is 15.5 Å². The molecule has 2 N–H and O–H groups in total. The molecule has 0 heterocycles. The molecule has 0 spiro atoms. The van der Waals surface area contributed by atoms with E-state index in [2.05, 4.69) is 15.6 Å². The molecule has 1 amide bonds. The van der Waals surface area contributed by atoms with Gasteiger partial charge in [0, 0.05) is 20.1 Å². The Kier molecular flexibility index (Phi) is 11.2. The summed E-state index contributed by atoms with van der Waals surface area (Å²) in [5.74, 6) is -0.772. The first kappa shape index (κ1) is 24.4. The molecule has 0 aliphatic carbocycles. The maximum atomic E-state index is 13.5. The van der Waals surface area contributed by atoms with Gasteiger partial charge in [0.2, 0.25) is 5.91 Å². The molecule has 148 valence electrons. The molecule has 0 atom stereocenters. The Morgan fingerprint density at radius 1 is 1.23 bits per heavy atom. The van der Waals surface area contributed by atoms with Gasteiger partial charge in [-0.05, 0) is 25.0 Å². The van der Waals surface area contributed by atoms with Gasteiger partial charge in [0.1, 0.15) is 18.9 Å². The number of carbonyl (C=O) groups is 1. The Bertz CT molecular complexity index is 596. The van der Waals surface area contributed by atoms with Crippen molar-refractivity contribution in [2.45, 2.75) is 19.5 Å². The van der Waals surface area contributed by atoms with Crippen LogP contribution >= 0.6 is 24.0 Å². The fraction of sp³-hybridized carbons (Fsp3) is 0.500. The first-order valence-electron chi connectivity index (χ1n) is 7.79. The number of hydrogen-bond acceptors (Lipinski definition) is 2. The SMILES string of the molecule is CCNC(=NCC(=O)N(C)CC(F)(F)F)NCCc1ccccc1F.I. The molecule has 0 aliphatic rings. The van der Waals surface area contributed by atoms with Gasteiger partial charge in [-0.3, -0.25) is 4.79 Å². The standard InChI is InChI=1S/C16H22F4N4O.HI/c1-3-21-15(22-9-8-12-6-4-5-7-13(12)17)23-10-14(25)24(2)11-16(18,19)20;/h4-7H,3,8-11H2,1-2H3,(H2,21,22,23);1H. The van der Waals surface area contributed by atoms with Gasteiger partial charge in [-0.15, -0.1) is 24.0 Å². The quantitative estimate of drug-likeness (QED) is 0.268. The van der Waals surface area contributed by atoms with Crippen molar-refractivity contribution in [2.75, 3.05) is 33.2 Å². The van der Waals surface area contributed by atoms with Gasteiger partial charge in [0.15, 0.2) is 5.96 Å². The van der Waals surface area contributed by atoms with Gasteiger partial charge in [-0.1, -0.05) is 18.2 Å². The lowest BCUT2D eigenvalue weighted by molar-refractivity contribution is -0.157. The number of amides is 1. The number of halogens is 5. The van der Waals surface area contributed by atoms with Crippen LogP contribution in [0.15, 0.2) is 29.3 Å². The van der Waals surface area contributed by atoms with Crippen LogP contribution in [0.1, 0.15) is 12.5 Å². The molecule has 1 rings (SSSR count). The van der Waals surface area contributed by atoms with Gasteiger partial charge in [0.05, 0.1) is 0 Å². The third-order valence-corrected chi connectivity index (χ3v) is 3.20. The molecule has 1 aromatic carbocycles. The summed E-state index contributed by atoms with van der Waals surface area (Å²) in [6.07, 6.45) is -4.05. The number of alkyl halides is 3. The van der Waals surface area contributed by atoms with Crippen molar-refractivity contribution >= 4 is 35.8 Å². The molecular formula is C16H23F4IN4O. The predicted molar refractivity (Wildman–Crippen MR) is 103 cm³/mol. The number of rotatable bonds is 7. The highest BCUT2D eigenvalue weighted by atomic mass is 127. The zero-order valence-electron chi connectivity index (χ0n) is 14.6. The Labute approximate surface area is 167 Å². The Morgan fingerprint density at radius 3 is 2.46 bits per heavy atom. The number of nitrogens with one attached hydrogen (secondary N) is 2. The number of guanidine groups is 1. The van der Waals surface area contributed by atoms with Crippen molar-refractivity contribution in [2.24, 2.45) is 4.99 Å². The Morgan fingerprint density at radius 2 is 1.88 bits per heavy atom. The summed E-state index contributed by atoms with van der Waals surface area (Å²) in [5, 5.41) is 5.80. The van der Waals surface area contributed by atoms with Crippen LogP contribution in [-0.2, 0) is 11.2 Å². The van der Waals surface area contributed by atoms with E-state index in [-0.39, 0.29) is 35.8 Å². The molecule has 0 bridgehead atoms. The summed E-state index contributed by atoms with van der Waals surface area (Å²) < 4.78 is 50.3. The fourth-order valence-electron chi connectivity index (χ4n) is 1.98. The fourth-order valence-corrected chi connectivity index (χ4v) is 1.98. The minimum Gasteiger partial charge on any atom is -0.357 e.